The maximum absolute atomic E-state index is 12.2. The molecule has 2 fully saturated rings. The van der Waals surface area contributed by atoms with Crippen LogP contribution in [0.4, 0.5) is 4.79 Å². The molecule has 2 saturated heterocycles. The van der Waals surface area contributed by atoms with E-state index in [0.717, 1.165) is 18.6 Å². The number of rotatable bonds is 4. The van der Waals surface area contributed by atoms with Crippen molar-refractivity contribution in [1.29, 1.82) is 0 Å². The molecule has 1 atom stereocenters. The zero-order valence-electron chi connectivity index (χ0n) is 17.9. The Morgan fingerprint density at radius 3 is 2.63 bits per heavy atom. The topological polar surface area (TPSA) is 103 Å². The number of guanidine groups is 1. The highest BCUT2D eigenvalue weighted by Crippen LogP contribution is 2.16. The zero-order chi connectivity index (χ0) is 20.9. The lowest BCUT2D eigenvalue weighted by Crippen LogP contribution is -2.53. The van der Waals surface area contributed by atoms with Crippen LogP contribution >= 0.6 is 24.0 Å². The number of nitrogens with zero attached hydrogens (tertiary/aromatic N) is 4. The van der Waals surface area contributed by atoms with Gasteiger partial charge in [0.15, 0.2) is 5.96 Å². The minimum absolute atomic E-state index is 0. The summed E-state index contributed by atoms with van der Waals surface area (Å²) < 4.78 is 16.6. The van der Waals surface area contributed by atoms with Crippen molar-refractivity contribution in [3.8, 4) is 5.88 Å². The quantitative estimate of drug-likeness (QED) is 0.360. The fourth-order valence-corrected chi connectivity index (χ4v) is 3.11. The third-order valence-electron chi connectivity index (χ3n) is 4.65. The molecule has 0 aromatic carbocycles. The van der Waals surface area contributed by atoms with Crippen molar-refractivity contribution in [2.75, 3.05) is 39.4 Å². The van der Waals surface area contributed by atoms with Crippen LogP contribution in [0.3, 0.4) is 0 Å². The normalized spacial score (nSPS) is 20.0. The molecule has 0 spiro atoms. The second kappa shape index (κ2) is 11.0. The summed E-state index contributed by atoms with van der Waals surface area (Å²) in [6, 6.07) is 3.78. The Morgan fingerprint density at radius 2 is 2.00 bits per heavy atom. The van der Waals surface area contributed by atoms with E-state index in [1.165, 1.54) is 0 Å². The molecule has 1 aromatic rings. The molecule has 30 heavy (non-hydrogen) atoms. The fourth-order valence-electron chi connectivity index (χ4n) is 3.11. The van der Waals surface area contributed by atoms with Gasteiger partial charge in [-0.2, -0.15) is 0 Å². The van der Waals surface area contributed by atoms with Gasteiger partial charge in [-0.1, -0.05) is 0 Å². The van der Waals surface area contributed by atoms with Crippen LogP contribution in [0.15, 0.2) is 23.3 Å². The third-order valence-corrected chi connectivity index (χ3v) is 4.65. The molecule has 9 nitrogen and oxygen atoms in total. The van der Waals surface area contributed by atoms with Crippen LogP contribution in [0.2, 0.25) is 0 Å². The number of ether oxygens (including phenoxy) is 3. The molecule has 10 heteroatoms. The molecule has 2 aliphatic rings. The Balaban J connectivity index is 0.00000320. The predicted molar refractivity (Wildman–Crippen MR) is 124 cm³/mol. The Hall–Kier alpha value is -1.82. The molecule has 1 amide bonds. The number of halogens is 1. The number of amides is 1. The van der Waals surface area contributed by atoms with Gasteiger partial charge in [0.1, 0.15) is 11.7 Å². The van der Waals surface area contributed by atoms with Crippen LogP contribution in [-0.4, -0.2) is 77.9 Å². The van der Waals surface area contributed by atoms with E-state index in [4.69, 9.17) is 19.9 Å². The molecular formula is C20H32IN5O4. The monoisotopic (exact) mass is 533 g/mol. The lowest BCUT2D eigenvalue weighted by Gasteiger charge is -2.36. The standard InChI is InChI=1S/C20H31N5O4.HI/c1-20(2,3)29-19(26)25-9-7-24(8-10-25)18(21)23-13-15-4-6-22-17(12-15)28-16-5-11-27-14-16;/h4,6,12,16H,5,7-11,13-14H2,1-3H3,(H2,21,23);1H. The first-order chi connectivity index (χ1) is 13.8. The summed E-state index contributed by atoms with van der Waals surface area (Å²) in [5, 5.41) is 0. The summed E-state index contributed by atoms with van der Waals surface area (Å²) in [7, 11) is 0. The van der Waals surface area contributed by atoms with Crippen LogP contribution in [0.1, 0.15) is 32.8 Å². The Bertz CT molecular complexity index is 726. The number of carbonyl (C=O) groups is 1. The van der Waals surface area contributed by atoms with Crippen molar-refractivity contribution in [3.05, 3.63) is 23.9 Å². The van der Waals surface area contributed by atoms with Gasteiger partial charge in [0.25, 0.3) is 0 Å². The number of pyridine rings is 1. The first-order valence-electron chi connectivity index (χ1n) is 10.0. The van der Waals surface area contributed by atoms with Gasteiger partial charge in [-0.3, -0.25) is 0 Å². The molecule has 0 bridgehead atoms. The van der Waals surface area contributed by atoms with Gasteiger partial charge in [-0.25, -0.2) is 14.8 Å². The van der Waals surface area contributed by atoms with Crippen molar-refractivity contribution in [2.24, 2.45) is 10.7 Å². The van der Waals surface area contributed by atoms with Gasteiger partial charge in [0.05, 0.1) is 19.8 Å². The first-order valence-corrected chi connectivity index (χ1v) is 10.0. The lowest BCUT2D eigenvalue weighted by atomic mass is 10.2. The average Bonchev–Trinajstić information content (AvgIpc) is 3.18. The number of hydrogen-bond acceptors (Lipinski definition) is 6. The second-order valence-electron chi connectivity index (χ2n) is 8.23. The molecule has 3 rings (SSSR count). The Kier molecular flexibility index (Phi) is 8.95. The smallest absolute Gasteiger partial charge is 0.410 e. The van der Waals surface area contributed by atoms with Gasteiger partial charge in [0.2, 0.25) is 5.88 Å². The Labute approximate surface area is 195 Å². The number of carbonyl (C=O) groups excluding carboxylic acids is 1. The fraction of sp³-hybridized carbons (Fsp3) is 0.650. The van der Waals surface area contributed by atoms with Crippen LogP contribution in [0.5, 0.6) is 5.88 Å². The Morgan fingerprint density at radius 1 is 1.30 bits per heavy atom. The third kappa shape index (κ3) is 7.46. The van der Waals surface area contributed by atoms with E-state index in [1.54, 1.807) is 11.1 Å². The number of aliphatic imine (C=N–C) groups is 1. The van der Waals surface area contributed by atoms with Gasteiger partial charge >= 0.3 is 6.09 Å². The molecule has 3 heterocycles. The van der Waals surface area contributed by atoms with E-state index in [2.05, 4.69) is 9.98 Å². The molecule has 1 unspecified atom stereocenters. The molecule has 2 aliphatic heterocycles. The van der Waals surface area contributed by atoms with Gasteiger partial charge in [-0.05, 0) is 32.4 Å². The minimum atomic E-state index is -0.493. The van der Waals surface area contributed by atoms with E-state index >= 15 is 0 Å². The van der Waals surface area contributed by atoms with Gasteiger partial charge in [0, 0.05) is 44.9 Å². The molecule has 1 aromatic heterocycles. The van der Waals surface area contributed by atoms with Gasteiger partial charge < -0.3 is 29.7 Å². The lowest BCUT2D eigenvalue weighted by molar-refractivity contribution is 0.0186. The molecule has 0 saturated carbocycles. The average molecular weight is 533 g/mol. The first kappa shape index (κ1) is 24.4. The second-order valence-corrected chi connectivity index (χ2v) is 8.23. The number of hydrogen-bond donors (Lipinski definition) is 1. The number of aromatic nitrogens is 1. The molecule has 2 N–H and O–H groups in total. The highest BCUT2D eigenvalue weighted by molar-refractivity contribution is 14.0. The maximum Gasteiger partial charge on any atom is 0.410 e. The van der Waals surface area contributed by atoms with Crippen LogP contribution < -0.4 is 10.5 Å². The van der Waals surface area contributed by atoms with E-state index < -0.39 is 5.60 Å². The zero-order valence-corrected chi connectivity index (χ0v) is 20.2. The molecular weight excluding hydrogens is 501 g/mol. The van der Waals surface area contributed by atoms with E-state index in [0.29, 0.717) is 51.2 Å². The van der Waals surface area contributed by atoms with Crippen molar-refractivity contribution < 1.29 is 19.0 Å². The minimum Gasteiger partial charge on any atom is -0.472 e. The summed E-state index contributed by atoms with van der Waals surface area (Å²) in [4.78, 5) is 24.6. The van der Waals surface area contributed by atoms with Gasteiger partial charge in [-0.15, -0.1) is 24.0 Å². The maximum atomic E-state index is 12.2. The van der Waals surface area contributed by atoms with Crippen molar-refractivity contribution >= 4 is 36.0 Å². The largest absolute Gasteiger partial charge is 0.472 e. The summed E-state index contributed by atoms with van der Waals surface area (Å²) in [5.74, 6) is 1.05. The van der Waals surface area contributed by atoms with Crippen LogP contribution in [0, 0.1) is 0 Å². The van der Waals surface area contributed by atoms with Crippen molar-refractivity contribution in [1.82, 2.24) is 14.8 Å². The van der Waals surface area contributed by atoms with Crippen LogP contribution in [0.25, 0.3) is 0 Å². The molecule has 0 radical (unpaired) electrons. The predicted octanol–water partition coefficient (Wildman–Crippen LogP) is 2.23. The summed E-state index contributed by atoms with van der Waals surface area (Å²) in [6.07, 6.45) is 2.37. The van der Waals surface area contributed by atoms with E-state index in [1.807, 2.05) is 37.8 Å². The van der Waals surface area contributed by atoms with E-state index in [-0.39, 0.29) is 36.2 Å². The number of piperazine rings is 1. The number of nitrogens with two attached hydrogens (primary N) is 1. The highest BCUT2D eigenvalue weighted by atomic mass is 127. The summed E-state index contributed by atoms with van der Waals surface area (Å²) in [5.41, 5.74) is 6.65. The summed E-state index contributed by atoms with van der Waals surface area (Å²) in [6.45, 7) is 9.73. The van der Waals surface area contributed by atoms with Crippen LogP contribution in [-0.2, 0) is 16.0 Å². The molecule has 168 valence electrons. The van der Waals surface area contributed by atoms with Crippen molar-refractivity contribution in [2.45, 2.75) is 45.4 Å². The van der Waals surface area contributed by atoms with Crippen molar-refractivity contribution in [3.63, 3.8) is 0 Å². The highest BCUT2D eigenvalue weighted by Gasteiger charge is 2.26. The SMILES string of the molecule is CC(C)(C)OC(=O)N1CCN(C(N)=NCc2ccnc(OC3CCOC3)c2)CC1.I. The van der Waals surface area contributed by atoms with E-state index in [9.17, 15) is 4.79 Å². The summed E-state index contributed by atoms with van der Waals surface area (Å²) >= 11 is 0. The molecule has 0 aliphatic carbocycles.